The fraction of sp³-hybridized carbons (Fsp3) is 0.308. The summed E-state index contributed by atoms with van der Waals surface area (Å²) in [6.45, 7) is 4.40. The predicted octanol–water partition coefficient (Wildman–Crippen LogP) is 4.64. The van der Waals surface area contributed by atoms with Gasteiger partial charge in [0.1, 0.15) is 5.82 Å². The molecule has 0 unspecified atom stereocenters. The fourth-order valence-corrected chi connectivity index (χ4v) is 4.12. The van der Waals surface area contributed by atoms with E-state index in [-0.39, 0.29) is 17.8 Å². The van der Waals surface area contributed by atoms with Crippen molar-refractivity contribution in [1.82, 2.24) is 4.57 Å². The van der Waals surface area contributed by atoms with Gasteiger partial charge in [0, 0.05) is 38.2 Å². The molecule has 8 heteroatoms. The number of aryl methyl sites for hydroxylation is 1. The summed E-state index contributed by atoms with van der Waals surface area (Å²) in [7, 11) is 1.72. The number of pyridine rings is 1. The monoisotopic (exact) mass is 470 g/mol. The summed E-state index contributed by atoms with van der Waals surface area (Å²) in [5, 5.41) is 0. The Hall–Kier alpha value is -3.39. The maximum atomic E-state index is 13.0. The Morgan fingerprint density at radius 2 is 1.76 bits per heavy atom. The van der Waals surface area contributed by atoms with Crippen LogP contribution in [0, 0.1) is 6.92 Å². The molecule has 0 saturated carbocycles. The molecular formula is C26H25F3N2O3. The molecule has 0 spiro atoms. The van der Waals surface area contributed by atoms with Gasteiger partial charge in [-0.25, -0.2) is 0 Å². The number of benzene rings is 2. The van der Waals surface area contributed by atoms with Gasteiger partial charge in [-0.15, -0.1) is 0 Å². The second-order valence-corrected chi connectivity index (χ2v) is 8.43. The third kappa shape index (κ3) is 5.07. The number of carbonyl (C=O) groups excluding carboxylic acids is 1. The maximum Gasteiger partial charge on any atom is 0.416 e. The van der Waals surface area contributed by atoms with E-state index in [2.05, 4.69) is 4.90 Å². The highest BCUT2D eigenvalue weighted by molar-refractivity contribution is 5.98. The molecule has 5 nitrogen and oxygen atoms in total. The Labute approximate surface area is 195 Å². The van der Waals surface area contributed by atoms with Crippen molar-refractivity contribution in [2.45, 2.75) is 19.5 Å². The summed E-state index contributed by atoms with van der Waals surface area (Å²) in [5.41, 5.74) is 2.05. The first-order valence-electron chi connectivity index (χ1n) is 11.0. The van der Waals surface area contributed by atoms with Crippen molar-refractivity contribution >= 4 is 11.6 Å². The minimum Gasteiger partial charge on any atom is -0.378 e. The third-order valence-electron chi connectivity index (χ3n) is 6.06. The Bertz CT molecular complexity index is 1280. The van der Waals surface area contributed by atoms with E-state index < -0.39 is 11.7 Å². The van der Waals surface area contributed by atoms with Gasteiger partial charge in [0.2, 0.25) is 0 Å². The van der Waals surface area contributed by atoms with E-state index >= 15 is 0 Å². The van der Waals surface area contributed by atoms with Crippen LogP contribution in [-0.4, -0.2) is 36.7 Å². The van der Waals surface area contributed by atoms with E-state index in [1.54, 1.807) is 29.8 Å². The quantitative estimate of drug-likeness (QED) is 0.510. The topological polar surface area (TPSA) is 51.5 Å². The number of anilines is 1. The Morgan fingerprint density at radius 3 is 2.47 bits per heavy atom. The van der Waals surface area contributed by atoms with Crippen LogP contribution in [0.5, 0.6) is 0 Å². The van der Waals surface area contributed by atoms with Crippen molar-refractivity contribution in [3.8, 4) is 11.1 Å². The first-order chi connectivity index (χ1) is 16.1. The summed E-state index contributed by atoms with van der Waals surface area (Å²) in [5.74, 6) is 0.476. The number of hydrogen-bond donors (Lipinski definition) is 0. The predicted molar refractivity (Wildman–Crippen MR) is 124 cm³/mol. The minimum absolute atomic E-state index is 0.151. The number of ketones is 1. The van der Waals surface area contributed by atoms with Crippen molar-refractivity contribution in [2.24, 2.45) is 7.05 Å². The van der Waals surface area contributed by atoms with Crippen LogP contribution in [-0.2, 0) is 24.4 Å². The molecule has 2 aromatic carbocycles. The average Bonchev–Trinajstić information content (AvgIpc) is 2.81. The third-order valence-corrected chi connectivity index (χ3v) is 6.06. The van der Waals surface area contributed by atoms with E-state index in [0.29, 0.717) is 43.0 Å². The molecule has 0 bridgehead atoms. The van der Waals surface area contributed by atoms with Crippen LogP contribution in [0.3, 0.4) is 0 Å². The average molecular weight is 470 g/mol. The van der Waals surface area contributed by atoms with Crippen molar-refractivity contribution in [1.29, 1.82) is 0 Å². The number of Topliss-reactive ketones (excluding diaryl/α,β-unsaturated/α-hetero) is 1. The molecule has 1 aromatic heterocycles. The first kappa shape index (κ1) is 23.8. The van der Waals surface area contributed by atoms with E-state index in [1.807, 2.05) is 13.0 Å². The minimum atomic E-state index is -4.46. The van der Waals surface area contributed by atoms with E-state index in [0.717, 1.165) is 29.1 Å². The van der Waals surface area contributed by atoms with Crippen LogP contribution in [0.2, 0.25) is 0 Å². The zero-order valence-electron chi connectivity index (χ0n) is 19.0. The highest BCUT2D eigenvalue weighted by atomic mass is 19.4. The molecule has 1 saturated heterocycles. The molecule has 0 N–H and O–H groups in total. The number of alkyl halides is 3. The van der Waals surface area contributed by atoms with Gasteiger partial charge >= 0.3 is 6.18 Å². The number of nitrogens with zero attached hydrogens (tertiary/aromatic N) is 2. The second kappa shape index (κ2) is 9.46. The van der Waals surface area contributed by atoms with Crippen LogP contribution < -0.4 is 10.5 Å². The molecule has 1 fully saturated rings. The summed E-state index contributed by atoms with van der Waals surface area (Å²) in [6.07, 6.45) is -4.62. The molecule has 0 aliphatic carbocycles. The van der Waals surface area contributed by atoms with Gasteiger partial charge in [-0.05, 0) is 47.4 Å². The van der Waals surface area contributed by atoms with Gasteiger partial charge in [-0.2, -0.15) is 13.2 Å². The number of hydrogen-bond acceptors (Lipinski definition) is 4. The van der Waals surface area contributed by atoms with Gasteiger partial charge in [0.05, 0.1) is 18.8 Å². The van der Waals surface area contributed by atoms with Crippen LogP contribution in [0.15, 0.2) is 59.4 Å². The fourth-order valence-electron chi connectivity index (χ4n) is 4.12. The van der Waals surface area contributed by atoms with Gasteiger partial charge in [-0.3, -0.25) is 14.2 Å². The standard InChI is InChI=1S/C26H25F3N2O3/c1-17-6-7-19(23(32)13-18-4-3-5-21(12-18)26(27,28)29)14-22(17)20-15-24(30(2)25(33)16-20)31-8-10-34-11-9-31/h3-7,12,14-16H,8-11,13H2,1-2H3. The lowest BCUT2D eigenvalue weighted by atomic mass is 9.95. The van der Waals surface area contributed by atoms with E-state index in [1.165, 1.54) is 18.2 Å². The first-order valence-corrected chi connectivity index (χ1v) is 11.0. The van der Waals surface area contributed by atoms with Gasteiger partial charge in [0.25, 0.3) is 5.56 Å². The van der Waals surface area contributed by atoms with Crippen molar-refractivity contribution in [3.05, 3.63) is 87.2 Å². The van der Waals surface area contributed by atoms with Crippen molar-refractivity contribution in [3.63, 3.8) is 0 Å². The number of halogens is 3. The van der Waals surface area contributed by atoms with Gasteiger partial charge in [-0.1, -0.05) is 30.3 Å². The molecule has 4 rings (SSSR count). The Kier molecular flexibility index (Phi) is 6.61. The SMILES string of the molecule is Cc1ccc(C(=O)Cc2cccc(C(F)(F)F)c2)cc1-c1cc(N2CCOCC2)n(C)c(=O)c1. The summed E-state index contributed by atoms with van der Waals surface area (Å²) >= 11 is 0. The highest BCUT2D eigenvalue weighted by Gasteiger charge is 2.30. The summed E-state index contributed by atoms with van der Waals surface area (Å²) in [4.78, 5) is 27.7. The van der Waals surface area contributed by atoms with Gasteiger partial charge < -0.3 is 9.64 Å². The Morgan fingerprint density at radius 1 is 1.03 bits per heavy atom. The molecule has 0 radical (unpaired) electrons. The second-order valence-electron chi connectivity index (χ2n) is 8.43. The van der Waals surface area contributed by atoms with E-state index in [9.17, 15) is 22.8 Å². The lowest BCUT2D eigenvalue weighted by molar-refractivity contribution is -0.137. The number of aromatic nitrogens is 1. The number of ether oxygens (including phenoxy) is 1. The van der Waals surface area contributed by atoms with Gasteiger partial charge in [0.15, 0.2) is 5.78 Å². The van der Waals surface area contributed by atoms with Crippen molar-refractivity contribution in [2.75, 3.05) is 31.2 Å². The van der Waals surface area contributed by atoms with Crippen LogP contribution >= 0.6 is 0 Å². The summed E-state index contributed by atoms with van der Waals surface area (Å²) < 4.78 is 46.1. The largest absolute Gasteiger partial charge is 0.416 e. The molecular weight excluding hydrogens is 445 g/mol. The van der Waals surface area contributed by atoms with Crippen molar-refractivity contribution < 1.29 is 22.7 Å². The van der Waals surface area contributed by atoms with Crippen LogP contribution in [0.4, 0.5) is 19.0 Å². The molecule has 0 amide bonds. The Balaban J connectivity index is 1.66. The van der Waals surface area contributed by atoms with Crippen LogP contribution in [0.25, 0.3) is 11.1 Å². The van der Waals surface area contributed by atoms with Crippen LogP contribution in [0.1, 0.15) is 27.0 Å². The smallest absolute Gasteiger partial charge is 0.378 e. The molecule has 34 heavy (non-hydrogen) atoms. The number of carbonyl (C=O) groups is 1. The number of morpholine rings is 1. The molecule has 3 aromatic rings. The molecule has 0 atom stereocenters. The lowest BCUT2D eigenvalue weighted by Crippen LogP contribution is -2.39. The molecule has 1 aliphatic rings. The number of rotatable bonds is 5. The molecule has 178 valence electrons. The lowest BCUT2D eigenvalue weighted by Gasteiger charge is -2.30. The maximum absolute atomic E-state index is 13.0. The van der Waals surface area contributed by atoms with E-state index in [4.69, 9.17) is 4.74 Å². The zero-order chi connectivity index (χ0) is 24.5. The molecule has 2 heterocycles. The normalized spacial score (nSPS) is 14.3. The molecule has 1 aliphatic heterocycles. The summed E-state index contributed by atoms with van der Waals surface area (Å²) in [6, 6.07) is 13.4. The highest BCUT2D eigenvalue weighted by Crippen LogP contribution is 2.30. The zero-order valence-corrected chi connectivity index (χ0v) is 19.0.